The van der Waals surface area contributed by atoms with Crippen LogP contribution >= 0.6 is 0 Å². The van der Waals surface area contributed by atoms with Gasteiger partial charge in [0.2, 0.25) is 5.82 Å². The average molecular weight is 282 g/mol. The van der Waals surface area contributed by atoms with E-state index in [2.05, 4.69) is 4.98 Å². The molecule has 0 saturated carbocycles. The van der Waals surface area contributed by atoms with Crippen molar-refractivity contribution >= 4 is 17.5 Å². The number of nitrogens with zero attached hydrogens (tertiary/aromatic N) is 4. The molecule has 1 rings (SSSR count). The van der Waals surface area contributed by atoms with Crippen molar-refractivity contribution in [2.75, 3.05) is 38.6 Å². The van der Waals surface area contributed by atoms with E-state index in [4.69, 9.17) is 5.11 Å². The van der Waals surface area contributed by atoms with Crippen LogP contribution in [0.25, 0.3) is 0 Å². The molecule has 0 bridgehead atoms. The van der Waals surface area contributed by atoms with Gasteiger partial charge >= 0.3 is 11.7 Å². The molecule has 20 heavy (non-hydrogen) atoms. The number of nitro groups is 1. The number of hydrogen-bond donors (Lipinski definition) is 1. The molecule has 1 N–H and O–H groups in total. The molecule has 0 amide bonds. The second kappa shape index (κ2) is 6.80. The molecule has 1 aromatic rings. The average Bonchev–Trinajstić information content (AvgIpc) is 2.33. The van der Waals surface area contributed by atoms with Gasteiger partial charge < -0.3 is 14.9 Å². The third-order valence-corrected chi connectivity index (χ3v) is 2.62. The van der Waals surface area contributed by atoms with E-state index < -0.39 is 10.9 Å². The first kappa shape index (κ1) is 15.8. The molecule has 0 unspecified atom stereocenters. The second-order valence-electron chi connectivity index (χ2n) is 4.73. The molecule has 110 valence electrons. The number of aliphatic carboxylic acids is 1. The van der Waals surface area contributed by atoms with Gasteiger partial charge in [-0.25, -0.2) is 4.98 Å². The summed E-state index contributed by atoms with van der Waals surface area (Å²) in [7, 11) is 3.69. The van der Waals surface area contributed by atoms with E-state index >= 15 is 0 Å². The first-order valence-corrected chi connectivity index (χ1v) is 6.03. The van der Waals surface area contributed by atoms with Gasteiger partial charge in [-0.05, 0) is 26.6 Å². The summed E-state index contributed by atoms with van der Waals surface area (Å²) in [6.45, 7) is 2.28. The molecule has 1 aromatic heterocycles. The summed E-state index contributed by atoms with van der Waals surface area (Å²) in [6.07, 6.45) is 1.49. The summed E-state index contributed by atoms with van der Waals surface area (Å²) >= 11 is 0. The Hall–Kier alpha value is -2.22. The molecule has 0 fully saturated rings. The van der Waals surface area contributed by atoms with Gasteiger partial charge in [0.25, 0.3) is 0 Å². The van der Waals surface area contributed by atoms with Gasteiger partial charge in [-0.2, -0.15) is 0 Å². The quantitative estimate of drug-likeness (QED) is 0.581. The normalized spacial score (nSPS) is 10.6. The van der Waals surface area contributed by atoms with Gasteiger partial charge in [0, 0.05) is 25.4 Å². The van der Waals surface area contributed by atoms with Gasteiger partial charge in [0.1, 0.15) is 6.54 Å². The highest BCUT2D eigenvalue weighted by Crippen LogP contribution is 2.26. The number of carboxylic acids is 1. The predicted molar refractivity (Wildman–Crippen MR) is 74.0 cm³/mol. The van der Waals surface area contributed by atoms with Crippen molar-refractivity contribution in [2.45, 2.75) is 6.92 Å². The van der Waals surface area contributed by atoms with Crippen LogP contribution in [0.1, 0.15) is 5.56 Å². The highest BCUT2D eigenvalue weighted by Gasteiger charge is 2.23. The van der Waals surface area contributed by atoms with Gasteiger partial charge in [-0.15, -0.1) is 0 Å². The van der Waals surface area contributed by atoms with Gasteiger partial charge in [0.15, 0.2) is 0 Å². The lowest BCUT2D eigenvalue weighted by Gasteiger charge is -2.23. The number of pyridine rings is 1. The molecule has 0 aromatic carbocycles. The van der Waals surface area contributed by atoms with E-state index in [1.807, 2.05) is 19.0 Å². The maximum absolute atomic E-state index is 11.1. The third-order valence-electron chi connectivity index (χ3n) is 2.62. The minimum atomic E-state index is -1.06. The lowest BCUT2D eigenvalue weighted by molar-refractivity contribution is -0.384. The lowest BCUT2D eigenvalue weighted by Crippen LogP contribution is -2.36. The summed E-state index contributed by atoms with van der Waals surface area (Å²) in [5.74, 6) is -0.967. The van der Waals surface area contributed by atoms with Crippen LogP contribution in [0.2, 0.25) is 0 Å². The molecule has 0 aliphatic carbocycles. The lowest BCUT2D eigenvalue weighted by atomic mass is 10.2. The van der Waals surface area contributed by atoms with Crippen molar-refractivity contribution in [3.63, 3.8) is 0 Å². The Morgan fingerprint density at radius 1 is 1.45 bits per heavy atom. The Morgan fingerprint density at radius 2 is 2.10 bits per heavy atom. The fourth-order valence-corrected chi connectivity index (χ4v) is 1.67. The van der Waals surface area contributed by atoms with Crippen LogP contribution in [0, 0.1) is 17.0 Å². The molecule has 0 saturated heterocycles. The van der Waals surface area contributed by atoms with Crippen LogP contribution in [0.15, 0.2) is 12.3 Å². The fourth-order valence-electron chi connectivity index (χ4n) is 1.67. The Bertz CT molecular complexity index is 504. The van der Waals surface area contributed by atoms with Crippen LogP contribution in [-0.2, 0) is 4.79 Å². The number of hydrogen-bond acceptors (Lipinski definition) is 6. The predicted octanol–water partition coefficient (Wildman–Crippen LogP) is 0.751. The monoisotopic (exact) mass is 282 g/mol. The molecule has 8 nitrogen and oxygen atoms in total. The van der Waals surface area contributed by atoms with Crippen molar-refractivity contribution in [1.29, 1.82) is 0 Å². The number of rotatable bonds is 7. The number of anilines is 1. The summed E-state index contributed by atoms with van der Waals surface area (Å²) in [5, 5.41) is 20.0. The highest BCUT2D eigenvalue weighted by atomic mass is 16.6. The van der Waals surface area contributed by atoms with E-state index in [0.29, 0.717) is 18.7 Å². The number of aromatic nitrogens is 1. The van der Waals surface area contributed by atoms with E-state index in [-0.39, 0.29) is 18.1 Å². The molecule has 0 aliphatic rings. The molecule has 1 heterocycles. The molecule has 0 aliphatic heterocycles. The van der Waals surface area contributed by atoms with Gasteiger partial charge in [0.05, 0.1) is 4.92 Å². The minimum absolute atomic E-state index is 0.0878. The standard InChI is InChI=1S/C12H18N4O4/c1-9-6-10(16(19)20)12(13-7-9)15(8-11(17)18)5-4-14(2)3/h6-7H,4-5,8H2,1-3H3,(H,17,18). The number of aryl methyl sites for hydroxylation is 1. The van der Waals surface area contributed by atoms with E-state index in [1.54, 1.807) is 6.92 Å². The van der Waals surface area contributed by atoms with Crippen molar-refractivity contribution in [1.82, 2.24) is 9.88 Å². The number of carboxylic acid groups (broad SMARTS) is 1. The van der Waals surface area contributed by atoms with Gasteiger partial charge in [-0.3, -0.25) is 14.9 Å². The zero-order valence-electron chi connectivity index (χ0n) is 11.7. The van der Waals surface area contributed by atoms with Gasteiger partial charge in [-0.1, -0.05) is 0 Å². The maximum atomic E-state index is 11.1. The number of carbonyl (C=O) groups is 1. The Morgan fingerprint density at radius 3 is 2.60 bits per heavy atom. The Balaban J connectivity index is 3.11. The van der Waals surface area contributed by atoms with Crippen LogP contribution in [-0.4, -0.2) is 59.6 Å². The molecular formula is C12H18N4O4. The van der Waals surface area contributed by atoms with E-state index in [1.165, 1.54) is 17.2 Å². The SMILES string of the molecule is Cc1cnc(N(CCN(C)C)CC(=O)O)c([N+](=O)[O-])c1. The van der Waals surface area contributed by atoms with Crippen LogP contribution in [0.4, 0.5) is 11.5 Å². The Labute approximate surface area is 116 Å². The van der Waals surface area contributed by atoms with Crippen LogP contribution < -0.4 is 4.90 Å². The smallest absolute Gasteiger partial charge is 0.323 e. The van der Waals surface area contributed by atoms with Crippen molar-refractivity contribution < 1.29 is 14.8 Å². The molecule has 0 atom stereocenters. The summed E-state index contributed by atoms with van der Waals surface area (Å²) < 4.78 is 0. The topological polar surface area (TPSA) is 99.8 Å². The minimum Gasteiger partial charge on any atom is -0.480 e. The fraction of sp³-hybridized carbons (Fsp3) is 0.500. The summed E-state index contributed by atoms with van der Waals surface area (Å²) in [4.78, 5) is 28.8. The van der Waals surface area contributed by atoms with Crippen molar-refractivity contribution in [3.8, 4) is 0 Å². The molecule has 0 radical (unpaired) electrons. The van der Waals surface area contributed by atoms with E-state index in [9.17, 15) is 14.9 Å². The van der Waals surface area contributed by atoms with Crippen molar-refractivity contribution in [2.24, 2.45) is 0 Å². The first-order chi connectivity index (χ1) is 9.31. The third kappa shape index (κ3) is 4.47. The van der Waals surface area contributed by atoms with Crippen LogP contribution in [0.3, 0.4) is 0 Å². The Kier molecular flexibility index (Phi) is 5.39. The molecule has 0 spiro atoms. The zero-order valence-corrected chi connectivity index (χ0v) is 11.7. The number of likely N-dealkylation sites (N-methyl/N-ethyl adjacent to an activating group) is 1. The second-order valence-corrected chi connectivity index (χ2v) is 4.73. The van der Waals surface area contributed by atoms with Crippen molar-refractivity contribution in [3.05, 3.63) is 27.9 Å². The first-order valence-electron chi connectivity index (χ1n) is 6.03. The van der Waals surface area contributed by atoms with E-state index in [0.717, 1.165) is 0 Å². The summed E-state index contributed by atoms with van der Waals surface area (Å²) in [6, 6.07) is 1.40. The zero-order chi connectivity index (χ0) is 15.3. The molecule has 8 heteroatoms. The molecular weight excluding hydrogens is 264 g/mol. The maximum Gasteiger partial charge on any atom is 0.323 e. The largest absolute Gasteiger partial charge is 0.480 e. The van der Waals surface area contributed by atoms with Crippen LogP contribution in [0.5, 0.6) is 0 Å². The summed E-state index contributed by atoms with van der Waals surface area (Å²) in [5.41, 5.74) is 0.480. The highest BCUT2D eigenvalue weighted by molar-refractivity contribution is 5.75.